The van der Waals surface area contributed by atoms with Crippen molar-refractivity contribution in [2.45, 2.75) is 37.4 Å². The third-order valence-electron chi connectivity index (χ3n) is 3.39. The first-order chi connectivity index (χ1) is 8.77. The lowest BCUT2D eigenvalue weighted by molar-refractivity contribution is 0.343. The summed E-state index contributed by atoms with van der Waals surface area (Å²) < 4.78 is 17.7. The number of benzene rings is 1. The Bertz CT molecular complexity index is 403. The second-order valence-corrected chi connectivity index (χ2v) is 6.57. The van der Waals surface area contributed by atoms with Crippen molar-refractivity contribution in [3.63, 3.8) is 0 Å². The van der Waals surface area contributed by atoms with E-state index in [2.05, 4.69) is 0 Å². The number of nitrogens with two attached hydrogens (primary N) is 1. The molecule has 2 N–H and O–H groups in total. The van der Waals surface area contributed by atoms with Crippen LogP contribution in [0.2, 0.25) is 0 Å². The summed E-state index contributed by atoms with van der Waals surface area (Å²) in [4.78, 5) is 0. The van der Waals surface area contributed by atoms with Crippen molar-refractivity contribution >= 4 is 16.5 Å². The molecule has 0 radical (unpaired) electrons. The van der Waals surface area contributed by atoms with E-state index in [0.29, 0.717) is 29.0 Å². The molecular formula is C14H21NO2S. The highest BCUT2D eigenvalue weighted by Crippen LogP contribution is 2.23. The van der Waals surface area contributed by atoms with Crippen molar-refractivity contribution in [2.24, 2.45) is 0 Å². The molecule has 1 aromatic carbocycles. The van der Waals surface area contributed by atoms with Gasteiger partial charge >= 0.3 is 0 Å². The quantitative estimate of drug-likeness (QED) is 0.835. The molecule has 3 nitrogen and oxygen atoms in total. The maximum atomic E-state index is 12.1. The van der Waals surface area contributed by atoms with Gasteiger partial charge in [0, 0.05) is 16.0 Å². The predicted molar refractivity (Wildman–Crippen MR) is 76.2 cm³/mol. The zero-order chi connectivity index (χ0) is 12.8. The summed E-state index contributed by atoms with van der Waals surface area (Å²) in [6.07, 6.45) is 5.97. The standard InChI is InChI=1S/C14H21NO2S/c15-13-8-4-5-9-14(13)17-10-11-18(16)12-6-2-1-3-7-12/h4-5,8-9,12H,1-3,6-7,10-11,15H2. The first-order valence-corrected chi connectivity index (χ1v) is 8.00. The predicted octanol–water partition coefficient (Wildman–Crippen LogP) is 2.73. The zero-order valence-corrected chi connectivity index (χ0v) is 11.5. The molecule has 2 rings (SSSR count). The highest BCUT2D eigenvalue weighted by molar-refractivity contribution is 7.85. The minimum Gasteiger partial charge on any atom is -0.490 e. The molecular weight excluding hydrogens is 246 g/mol. The normalized spacial score (nSPS) is 18.4. The Labute approximate surface area is 111 Å². The molecule has 1 atom stereocenters. The van der Waals surface area contributed by atoms with E-state index in [4.69, 9.17) is 10.5 Å². The number of para-hydroxylation sites is 2. The molecule has 0 aromatic heterocycles. The van der Waals surface area contributed by atoms with Gasteiger partial charge in [0.05, 0.1) is 18.0 Å². The summed E-state index contributed by atoms with van der Waals surface area (Å²) in [5.41, 5.74) is 6.42. The van der Waals surface area contributed by atoms with Gasteiger partial charge in [0.1, 0.15) is 5.75 Å². The van der Waals surface area contributed by atoms with Crippen LogP contribution in [-0.4, -0.2) is 21.8 Å². The summed E-state index contributed by atoms with van der Waals surface area (Å²) >= 11 is 0. The number of hydrogen-bond acceptors (Lipinski definition) is 3. The molecule has 1 aliphatic carbocycles. The monoisotopic (exact) mass is 267 g/mol. The zero-order valence-electron chi connectivity index (χ0n) is 10.6. The highest BCUT2D eigenvalue weighted by Gasteiger charge is 2.19. The van der Waals surface area contributed by atoms with Gasteiger partial charge in [-0.2, -0.15) is 0 Å². The molecule has 0 spiro atoms. The lowest BCUT2D eigenvalue weighted by Crippen LogP contribution is -2.23. The van der Waals surface area contributed by atoms with Gasteiger partial charge < -0.3 is 10.5 Å². The van der Waals surface area contributed by atoms with E-state index in [1.807, 2.05) is 24.3 Å². The van der Waals surface area contributed by atoms with Gasteiger partial charge in [-0.1, -0.05) is 31.4 Å². The van der Waals surface area contributed by atoms with Crippen LogP contribution in [0.15, 0.2) is 24.3 Å². The van der Waals surface area contributed by atoms with Crippen LogP contribution in [0.1, 0.15) is 32.1 Å². The van der Waals surface area contributed by atoms with Crippen LogP contribution in [0.25, 0.3) is 0 Å². The lowest BCUT2D eigenvalue weighted by atomic mass is 10.0. The molecule has 18 heavy (non-hydrogen) atoms. The minimum absolute atomic E-state index is 0.385. The average molecular weight is 267 g/mol. The van der Waals surface area contributed by atoms with Gasteiger partial charge in [0.25, 0.3) is 0 Å². The van der Waals surface area contributed by atoms with Crippen LogP contribution in [0.3, 0.4) is 0 Å². The van der Waals surface area contributed by atoms with Crippen molar-refractivity contribution in [3.05, 3.63) is 24.3 Å². The molecule has 1 aromatic rings. The minimum atomic E-state index is -0.753. The molecule has 0 bridgehead atoms. The van der Waals surface area contributed by atoms with Gasteiger partial charge in [-0.3, -0.25) is 4.21 Å². The number of ether oxygens (including phenoxy) is 1. The molecule has 0 saturated heterocycles. The Hall–Kier alpha value is -1.03. The van der Waals surface area contributed by atoms with Gasteiger partial charge in [-0.05, 0) is 25.0 Å². The second kappa shape index (κ2) is 6.78. The van der Waals surface area contributed by atoms with E-state index in [9.17, 15) is 4.21 Å². The average Bonchev–Trinajstić information content (AvgIpc) is 2.42. The van der Waals surface area contributed by atoms with Gasteiger partial charge in [0.15, 0.2) is 0 Å². The first-order valence-electron chi connectivity index (χ1n) is 6.62. The van der Waals surface area contributed by atoms with E-state index < -0.39 is 10.8 Å². The topological polar surface area (TPSA) is 52.3 Å². The fourth-order valence-electron chi connectivity index (χ4n) is 2.34. The number of rotatable bonds is 5. The van der Waals surface area contributed by atoms with Crippen LogP contribution in [-0.2, 0) is 10.8 Å². The molecule has 0 heterocycles. The first kappa shape index (κ1) is 13.4. The van der Waals surface area contributed by atoms with Gasteiger partial charge in [-0.25, -0.2) is 0 Å². The Morgan fingerprint density at radius 1 is 1.22 bits per heavy atom. The summed E-state index contributed by atoms with van der Waals surface area (Å²) in [7, 11) is -0.753. The SMILES string of the molecule is Nc1ccccc1OCCS(=O)C1CCCCC1. The fourth-order valence-corrected chi connectivity index (χ4v) is 3.78. The number of anilines is 1. The van der Waals surface area contributed by atoms with Gasteiger partial charge in [-0.15, -0.1) is 0 Å². The number of nitrogen functional groups attached to an aromatic ring is 1. The summed E-state index contributed by atoms with van der Waals surface area (Å²) in [5.74, 6) is 1.30. The van der Waals surface area contributed by atoms with Crippen molar-refractivity contribution in [1.29, 1.82) is 0 Å². The molecule has 0 amide bonds. The molecule has 100 valence electrons. The second-order valence-electron chi connectivity index (χ2n) is 4.73. The van der Waals surface area contributed by atoms with E-state index in [-0.39, 0.29) is 0 Å². The van der Waals surface area contributed by atoms with E-state index in [1.165, 1.54) is 19.3 Å². The van der Waals surface area contributed by atoms with Crippen LogP contribution in [0.5, 0.6) is 5.75 Å². The van der Waals surface area contributed by atoms with Crippen molar-refractivity contribution in [3.8, 4) is 5.75 Å². The number of hydrogen-bond donors (Lipinski definition) is 1. The Kier molecular flexibility index (Phi) is 5.05. The Morgan fingerprint density at radius 3 is 2.67 bits per heavy atom. The van der Waals surface area contributed by atoms with Crippen LogP contribution >= 0.6 is 0 Å². The van der Waals surface area contributed by atoms with Crippen molar-refractivity contribution < 1.29 is 8.95 Å². The molecule has 1 aliphatic rings. The molecule has 1 fully saturated rings. The largest absolute Gasteiger partial charge is 0.490 e. The maximum Gasteiger partial charge on any atom is 0.142 e. The highest BCUT2D eigenvalue weighted by atomic mass is 32.2. The van der Waals surface area contributed by atoms with E-state index >= 15 is 0 Å². The smallest absolute Gasteiger partial charge is 0.142 e. The third kappa shape index (κ3) is 3.73. The summed E-state index contributed by atoms with van der Waals surface area (Å²) in [5, 5.41) is 0.385. The molecule has 0 aliphatic heterocycles. The summed E-state index contributed by atoms with van der Waals surface area (Å²) in [6, 6.07) is 7.43. The Balaban J connectivity index is 1.75. The maximum absolute atomic E-state index is 12.1. The Morgan fingerprint density at radius 2 is 1.94 bits per heavy atom. The van der Waals surface area contributed by atoms with Gasteiger partial charge in [0.2, 0.25) is 0 Å². The molecule has 1 saturated carbocycles. The fraction of sp³-hybridized carbons (Fsp3) is 0.571. The van der Waals surface area contributed by atoms with E-state index in [0.717, 1.165) is 12.8 Å². The van der Waals surface area contributed by atoms with Crippen LogP contribution < -0.4 is 10.5 Å². The van der Waals surface area contributed by atoms with Crippen LogP contribution in [0, 0.1) is 0 Å². The van der Waals surface area contributed by atoms with Crippen molar-refractivity contribution in [1.82, 2.24) is 0 Å². The molecule has 1 unspecified atom stereocenters. The lowest BCUT2D eigenvalue weighted by Gasteiger charge is -2.20. The van der Waals surface area contributed by atoms with Crippen LogP contribution in [0.4, 0.5) is 5.69 Å². The summed E-state index contributed by atoms with van der Waals surface area (Å²) in [6.45, 7) is 0.483. The van der Waals surface area contributed by atoms with E-state index in [1.54, 1.807) is 0 Å². The third-order valence-corrected chi connectivity index (χ3v) is 5.17. The van der Waals surface area contributed by atoms with Crippen molar-refractivity contribution in [2.75, 3.05) is 18.1 Å². The molecule has 4 heteroatoms.